The molecule has 110 valence electrons. The van der Waals surface area contributed by atoms with Crippen LogP contribution in [-0.2, 0) is 20.1 Å². The minimum Gasteiger partial charge on any atom is -0.308 e. The molecule has 1 N–H and O–H groups in total. The van der Waals surface area contributed by atoms with Crippen LogP contribution in [0.5, 0.6) is 0 Å². The molecule has 6 nitrogen and oxygen atoms in total. The fourth-order valence-corrected chi connectivity index (χ4v) is 2.40. The highest BCUT2D eigenvalue weighted by Crippen LogP contribution is 2.18. The van der Waals surface area contributed by atoms with Gasteiger partial charge in [-0.05, 0) is 6.07 Å². The van der Waals surface area contributed by atoms with E-state index in [0.717, 1.165) is 17.0 Å². The summed E-state index contributed by atoms with van der Waals surface area (Å²) >= 11 is 0. The Labute approximate surface area is 123 Å². The molecule has 6 heteroatoms. The Morgan fingerprint density at radius 1 is 1.24 bits per heavy atom. The molecular weight excluding hydrogens is 264 g/mol. The van der Waals surface area contributed by atoms with Crippen molar-refractivity contribution in [1.82, 2.24) is 29.9 Å². The van der Waals surface area contributed by atoms with Crippen molar-refractivity contribution in [3.05, 3.63) is 42.1 Å². The molecule has 0 saturated heterocycles. The number of nitrogens with one attached hydrogen (secondary N) is 1. The van der Waals surface area contributed by atoms with E-state index in [1.165, 1.54) is 5.39 Å². The first-order chi connectivity index (χ1) is 10.1. The van der Waals surface area contributed by atoms with E-state index in [0.29, 0.717) is 19.1 Å². The molecule has 0 aliphatic carbocycles. The Morgan fingerprint density at radius 2 is 2.05 bits per heavy atom. The van der Waals surface area contributed by atoms with Crippen molar-refractivity contribution in [2.45, 2.75) is 33.0 Å². The summed E-state index contributed by atoms with van der Waals surface area (Å²) < 4.78 is 3.82. The molecule has 0 atom stereocenters. The summed E-state index contributed by atoms with van der Waals surface area (Å²) in [4.78, 5) is 4.33. The van der Waals surface area contributed by atoms with Crippen LogP contribution in [-0.4, -0.2) is 30.6 Å². The summed E-state index contributed by atoms with van der Waals surface area (Å²) in [5.41, 5.74) is 2.15. The molecule has 2 aromatic heterocycles. The topological polar surface area (TPSA) is 60.6 Å². The average molecular weight is 284 g/mol. The van der Waals surface area contributed by atoms with Crippen LogP contribution in [0.25, 0.3) is 10.9 Å². The predicted octanol–water partition coefficient (Wildman–Crippen LogP) is 1.71. The molecule has 0 amide bonds. The maximum atomic E-state index is 4.61. The smallest absolute Gasteiger partial charge is 0.141 e. The van der Waals surface area contributed by atoms with Gasteiger partial charge in [0, 0.05) is 18.5 Å². The van der Waals surface area contributed by atoms with Gasteiger partial charge in [-0.1, -0.05) is 32.0 Å². The molecule has 0 radical (unpaired) electrons. The van der Waals surface area contributed by atoms with Crippen molar-refractivity contribution in [1.29, 1.82) is 0 Å². The van der Waals surface area contributed by atoms with Crippen LogP contribution in [0.3, 0.4) is 0 Å². The number of rotatable bonds is 5. The molecule has 0 aliphatic rings. The number of hydrogen-bond acceptors (Lipinski definition) is 4. The van der Waals surface area contributed by atoms with Crippen LogP contribution in [0.1, 0.15) is 25.4 Å². The van der Waals surface area contributed by atoms with Crippen LogP contribution in [0.4, 0.5) is 0 Å². The third kappa shape index (κ3) is 2.80. The summed E-state index contributed by atoms with van der Waals surface area (Å²) in [6.07, 6.45) is 1.60. The minimum atomic E-state index is 0.422. The number of hydrogen-bond donors (Lipinski definition) is 1. The van der Waals surface area contributed by atoms with Crippen molar-refractivity contribution in [3.63, 3.8) is 0 Å². The second-order valence-corrected chi connectivity index (χ2v) is 5.46. The van der Waals surface area contributed by atoms with Gasteiger partial charge in [0.25, 0.3) is 0 Å². The number of fused-ring (bicyclic) bond motifs is 1. The average Bonchev–Trinajstić information content (AvgIpc) is 3.03. The van der Waals surface area contributed by atoms with E-state index in [9.17, 15) is 0 Å². The highest BCUT2D eigenvalue weighted by Gasteiger charge is 2.11. The van der Waals surface area contributed by atoms with Crippen LogP contribution < -0.4 is 5.32 Å². The lowest BCUT2D eigenvalue weighted by Crippen LogP contribution is -2.24. The van der Waals surface area contributed by atoms with Gasteiger partial charge in [-0.25, -0.2) is 9.67 Å². The second kappa shape index (κ2) is 5.65. The second-order valence-electron chi connectivity index (χ2n) is 5.46. The van der Waals surface area contributed by atoms with Gasteiger partial charge in [0.1, 0.15) is 12.2 Å². The van der Waals surface area contributed by atoms with E-state index >= 15 is 0 Å². The van der Waals surface area contributed by atoms with Crippen molar-refractivity contribution >= 4 is 10.9 Å². The van der Waals surface area contributed by atoms with Gasteiger partial charge in [0.05, 0.1) is 24.3 Å². The Morgan fingerprint density at radius 3 is 2.86 bits per heavy atom. The number of para-hydroxylation sites is 1. The number of benzene rings is 1. The molecule has 0 bridgehead atoms. The predicted molar refractivity (Wildman–Crippen MR) is 81.8 cm³/mol. The molecule has 2 heterocycles. The third-order valence-corrected chi connectivity index (χ3v) is 3.50. The van der Waals surface area contributed by atoms with Gasteiger partial charge in [-0.3, -0.25) is 4.68 Å². The lowest BCUT2D eigenvalue weighted by atomic mass is 10.2. The molecule has 3 rings (SSSR count). The standard InChI is InChI=1S/C15H20N6/c1-11(2)16-8-15-17-10-18-21(15)9-13-12-6-4-5-7-14(12)20(3)19-13/h4-7,10-11,16H,8-9H2,1-3H3. The van der Waals surface area contributed by atoms with Crippen molar-refractivity contribution < 1.29 is 0 Å². The van der Waals surface area contributed by atoms with Gasteiger partial charge in [-0.2, -0.15) is 10.2 Å². The summed E-state index contributed by atoms with van der Waals surface area (Å²) in [6.45, 7) is 5.58. The summed E-state index contributed by atoms with van der Waals surface area (Å²) in [7, 11) is 1.97. The van der Waals surface area contributed by atoms with E-state index < -0.39 is 0 Å². The van der Waals surface area contributed by atoms with Crippen molar-refractivity contribution in [2.24, 2.45) is 7.05 Å². The minimum absolute atomic E-state index is 0.422. The SMILES string of the molecule is CC(C)NCc1ncnn1Cc1nn(C)c2ccccc12. The van der Waals surface area contributed by atoms with Crippen molar-refractivity contribution in [3.8, 4) is 0 Å². The van der Waals surface area contributed by atoms with E-state index in [2.05, 4.69) is 46.5 Å². The number of aryl methyl sites for hydroxylation is 1. The normalized spacial score (nSPS) is 11.6. The Kier molecular flexibility index (Phi) is 3.70. The summed E-state index contributed by atoms with van der Waals surface area (Å²) in [6, 6.07) is 8.66. The lowest BCUT2D eigenvalue weighted by Gasteiger charge is -2.08. The molecule has 0 fully saturated rings. The highest BCUT2D eigenvalue weighted by molar-refractivity contribution is 5.81. The molecule has 1 aromatic carbocycles. The third-order valence-electron chi connectivity index (χ3n) is 3.50. The summed E-state index contributed by atoms with van der Waals surface area (Å²) in [5, 5.41) is 13.5. The number of nitrogens with zero attached hydrogens (tertiary/aromatic N) is 5. The van der Waals surface area contributed by atoms with Gasteiger partial charge >= 0.3 is 0 Å². The first-order valence-electron chi connectivity index (χ1n) is 7.16. The maximum absolute atomic E-state index is 4.61. The van der Waals surface area contributed by atoms with Crippen LogP contribution in [0.15, 0.2) is 30.6 Å². The first-order valence-corrected chi connectivity index (χ1v) is 7.16. The fraction of sp³-hybridized carbons (Fsp3) is 0.400. The van der Waals surface area contributed by atoms with Gasteiger partial charge in [0.15, 0.2) is 0 Å². The molecule has 3 aromatic rings. The zero-order chi connectivity index (χ0) is 14.8. The molecule has 21 heavy (non-hydrogen) atoms. The lowest BCUT2D eigenvalue weighted by molar-refractivity contribution is 0.535. The monoisotopic (exact) mass is 284 g/mol. The van der Waals surface area contributed by atoms with E-state index in [1.807, 2.05) is 28.5 Å². The molecule has 0 spiro atoms. The molecular formula is C15H20N6. The molecule has 0 unspecified atom stereocenters. The summed E-state index contributed by atoms with van der Waals surface area (Å²) in [5.74, 6) is 0.929. The number of aromatic nitrogens is 5. The Hall–Kier alpha value is -2.21. The zero-order valence-electron chi connectivity index (χ0n) is 12.6. The highest BCUT2D eigenvalue weighted by atomic mass is 15.4. The quantitative estimate of drug-likeness (QED) is 0.775. The fourth-order valence-electron chi connectivity index (χ4n) is 2.40. The van der Waals surface area contributed by atoms with Gasteiger partial charge in [0.2, 0.25) is 0 Å². The van der Waals surface area contributed by atoms with Crippen LogP contribution >= 0.6 is 0 Å². The first kappa shape index (κ1) is 13.8. The van der Waals surface area contributed by atoms with Crippen LogP contribution in [0, 0.1) is 0 Å². The van der Waals surface area contributed by atoms with E-state index in [-0.39, 0.29) is 0 Å². The maximum Gasteiger partial charge on any atom is 0.141 e. The zero-order valence-corrected chi connectivity index (χ0v) is 12.6. The molecule has 0 aliphatic heterocycles. The van der Waals surface area contributed by atoms with E-state index in [1.54, 1.807) is 6.33 Å². The van der Waals surface area contributed by atoms with E-state index in [4.69, 9.17) is 0 Å². The Balaban J connectivity index is 1.87. The Bertz CT molecular complexity index is 740. The molecule has 0 saturated carbocycles. The van der Waals surface area contributed by atoms with Crippen LogP contribution in [0.2, 0.25) is 0 Å². The van der Waals surface area contributed by atoms with Crippen molar-refractivity contribution in [2.75, 3.05) is 0 Å². The van der Waals surface area contributed by atoms with Gasteiger partial charge < -0.3 is 5.32 Å². The largest absolute Gasteiger partial charge is 0.308 e. The van der Waals surface area contributed by atoms with Gasteiger partial charge in [-0.15, -0.1) is 0 Å².